The van der Waals surface area contributed by atoms with Crippen LogP contribution < -0.4 is 15.6 Å². The summed E-state index contributed by atoms with van der Waals surface area (Å²) in [4.78, 5) is 28.9. The van der Waals surface area contributed by atoms with E-state index in [4.69, 9.17) is 4.74 Å². The molecule has 0 spiro atoms. The summed E-state index contributed by atoms with van der Waals surface area (Å²) in [5.74, 6) is 0.606. The van der Waals surface area contributed by atoms with Gasteiger partial charge < -0.3 is 10.1 Å². The maximum Gasteiger partial charge on any atom is 0.264 e. The SMILES string of the molecule is COc1ccc(CCC(C)NC(=O)Cn2cnc3c(cnn3C)c2=O)cc1. The molecule has 2 heterocycles. The second-order valence-electron chi connectivity index (χ2n) is 6.54. The molecule has 142 valence electrons. The monoisotopic (exact) mass is 369 g/mol. The van der Waals surface area contributed by atoms with Crippen LogP contribution in [0.2, 0.25) is 0 Å². The number of rotatable bonds is 7. The Hall–Kier alpha value is -3.16. The molecule has 1 unspecified atom stereocenters. The van der Waals surface area contributed by atoms with E-state index in [0.717, 1.165) is 18.6 Å². The predicted octanol–water partition coefficient (Wildman–Crippen LogP) is 1.28. The fraction of sp³-hybridized carbons (Fsp3) is 0.368. The van der Waals surface area contributed by atoms with E-state index in [1.54, 1.807) is 14.2 Å². The highest BCUT2D eigenvalue weighted by Crippen LogP contribution is 2.13. The Morgan fingerprint density at radius 1 is 1.30 bits per heavy atom. The van der Waals surface area contributed by atoms with E-state index in [-0.39, 0.29) is 24.1 Å². The third-order valence-corrected chi connectivity index (χ3v) is 4.46. The first-order valence-electron chi connectivity index (χ1n) is 8.77. The number of fused-ring (bicyclic) bond motifs is 1. The van der Waals surface area contributed by atoms with Crippen LogP contribution in [0.5, 0.6) is 5.75 Å². The number of ether oxygens (including phenoxy) is 1. The fourth-order valence-electron chi connectivity index (χ4n) is 2.90. The normalized spacial score (nSPS) is 12.1. The van der Waals surface area contributed by atoms with Crippen molar-refractivity contribution in [3.8, 4) is 5.75 Å². The van der Waals surface area contributed by atoms with Gasteiger partial charge in [0.25, 0.3) is 5.56 Å². The second-order valence-corrected chi connectivity index (χ2v) is 6.54. The summed E-state index contributed by atoms with van der Waals surface area (Å²) >= 11 is 0. The van der Waals surface area contributed by atoms with Crippen LogP contribution in [0.3, 0.4) is 0 Å². The van der Waals surface area contributed by atoms with Gasteiger partial charge in [-0.3, -0.25) is 18.8 Å². The molecule has 3 aromatic rings. The van der Waals surface area contributed by atoms with Crippen molar-refractivity contribution in [3.63, 3.8) is 0 Å². The zero-order chi connectivity index (χ0) is 19.4. The van der Waals surface area contributed by atoms with E-state index in [1.807, 2.05) is 31.2 Å². The Balaban J connectivity index is 1.55. The van der Waals surface area contributed by atoms with E-state index in [2.05, 4.69) is 15.4 Å². The molecular formula is C19H23N5O3. The molecule has 0 fully saturated rings. The van der Waals surface area contributed by atoms with Crippen LogP contribution in [0.25, 0.3) is 11.0 Å². The standard InChI is InChI=1S/C19H23N5O3/c1-13(4-5-14-6-8-15(27-3)9-7-14)22-17(25)11-24-12-20-18-16(19(24)26)10-21-23(18)2/h6-10,12-13H,4-5,11H2,1-3H3,(H,22,25). The van der Waals surface area contributed by atoms with Crippen LogP contribution >= 0.6 is 0 Å². The smallest absolute Gasteiger partial charge is 0.264 e. The van der Waals surface area contributed by atoms with Crippen LogP contribution in [-0.2, 0) is 24.8 Å². The van der Waals surface area contributed by atoms with Crippen LogP contribution in [0, 0.1) is 0 Å². The maximum absolute atomic E-state index is 12.4. The molecule has 8 nitrogen and oxygen atoms in total. The number of nitrogens with one attached hydrogen (secondary N) is 1. The molecule has 1 amide bonds. The Morgan fingerprint density at radius 2 is 2.04 bits per heavy atom. The molecule has 0 bridgehead atoms. The molecular weight excluding hydrogens is 346 g/mol. The first kappa shape index (κ1) is 18.6. The molecule has 0 radical (unpaired) electrons. The van der Waals surface area contributed by atoms with Crippen molar-refractivity contribution in [1.82, 2.24) is 24.6 Å². The van der Waals surface area contributed by atoms with E-state index in [1.165, 1.54) is 27.3 Å². The van der Waals surface area contributed by atoms with Crippen molar-refractivity contribution in [3.05, 3.63) is 52.7 Å². The molecule has 8 heteroatoms. The van der Waals surface area contributed by atoms with E-state index in [9.17, 15) is 9.59 Å². The number of aryl methyl sites for hydroxylation is 2. The molecule has 3 rings (SSSR count). The Kier molecular flexibility index (Phi) is 5.54. The van der Waals surface area contributed by atoms with Gasteiger partial charge in [0.15, 0.2) is 5.65 Å². The van der Waals surface area contributed by atoms with E-state index < -0.39 is 0 Å². The van der Waals surface area contributed by atoms with Gasteiger partial charge in [0.05, 0.1) is 13.3 Å². The zero-order valence-corrected chi connectivity index (χ0v) is 15.7. The maximum atomic E-state index is 12.4. The summed E-state index contributed by atoms with van der Waals surface area (Å²) in [6.45, 7) is 1.89. The van der Waals surface area contributed by atoms with E-state index >= 15 is 0 Å². The fourth-order valence-corrected chi connectivity index (χ4v) is 2.90. The third kappa shape index (κ3) is 4.33. The Labute approximate surface area is 156 Å². The molecule has 0 aliphatic carbocycles. The van der Waals surface area contributed by atoms with Crippen molar-refractivity contribution in [2.24, 2.45) is 7.05 Å². The van der Waals surface area contributed by atoms with Gasteiger partial charge in [-0.1, -0.05) is 12.1 Å². The molecule has 0 saturated carbocycles. The average Bonchev–Trinajstić information content (AvgIpc) is 3.04. The van der Waals surface area contributed by atoms with Gasteiger partial charge in [-0.2, -0.15) is 5.10 Å². The van der Waals surface area contributed by atoms with Gasteiger partial charge in [-0.15, -0.1) is 0 Å². The number of hydrogen-bond donors (Lipinski definition) is 1. The number of carbonyl (C=O) groups excluding carboxylic acids is 1. The number of carbonyl (C=O) groups is 1. The third-order valence-electron chi connectivity index (χ3n) is 4.46. The molecule has 2 aromatic heterocycles. The summed E-state index contributed by atoms with van der Waals surface area (Å²) < 4.78 is 7.98. The van der Waals surface area contributed by atoms with Crippen molar-refractivity contribution in [2.45, 2.75) is 32.4 Å². The van der Waals surface area contributed by atoms with Crippen molar-refractivity contribution >= 4 is 16.9 Å². The topological polar surface area (TPSA) is 91.0 Å². The highest BCUT2D eigenvalue weighted by molar-refractivity contribution is 5.77. The summed E-state index contributed by atoms with van der Waals surface area (Å²) in [6, 6.07) is 7.87. The first-order valence-corrected chi connectivity index (χ1v) is 8.77. The highest BCUT2D eigenvalue weighted by Gasteiger charge is 2.12. The number of hydrogen-bond acceptors (Lipinski definition) is 5. The highest BCUT2D eigenvalue weighted by atomic mass is 16.5. The minimum absolute atomic E-state index is 0.00890. The summed E-state index contributed by atoms with van der Waals surface area (Å²) in [6.07, 6.45) is 4.49. The van der Waals surface area contributed by atoms with Crippen LogP contribution in [0.15, 0.2) is 41.6 Å². The van der Waals surface area contributed by atoms with Crippen molar-refractivity contribution in [1.29, 1.82) is 0 Å². The first-order chi connectivity index (χ1) is 13.0. The lowest BCUT2D eigenvalue weighted by Crippen LogP contribution is -2.37. The molecule has 1 atom stereocenters. The van der Waals surface area contributed by atoms with Crippen LogP contribution in [-0.4, -0.2) is 38.4 Å². The molecule has 27 heavy (non-hydrogen) atoms. The minimum atomic E-state index is -0.269. The van der Waals surface area contributed by atoms with Gasteiger partial charge in [0, 0.05) is 13.1 Å². The summed E-state index contributed by atoms with van der Waals surface area (Å²) in [7, 11) is 3.36. The lowest BCUT2D eigenvalue weighted by atomic mass is 10.1. The lowest BCUT2D eigenvalue weighted by Gasteiger charge is -2.14. The van der Waals surface area contributed by atoms with Gasteiger partial charge in [-0.05, 0) is 37.5 Å². The van der Waals surface area contributed by atoms with E-state index in [0.29, 0.717) is 11.0 Å². The quantitative estimate of drug-likeness (QED) is 0.677. The summed E-state index contributed by atoms with van der Waals surface area (Å²) in [5.41, 5.74) is 1.41. The lowest BCUT2D eigenvalue weighted by molar-refractivity contribution is -0.122. The summed E-state index contributed by atoms with van der Waals surface area (Å²) in [5, 5.41) is 7.35. The number of amides is 1. The van der Waals surface area contributed by atoms with Crippen molar-refractivity contribution in [2.75, 3.05) is 7.11 Å². The molecule has 1 N–H and O–H groups in total. The van der Waals surface area contributed by atoms with Crippen LogP contribution in [0.4, 0.5) is 0 Å². The molecule has 0 saturated heterocycles. The molecule has 1 aromatic carbocycles. The number of methoxy groups -OCH3 is 1. The minimum Gasteiger partial charge on any atom is -0.497 e. The van der Waals surface area contributed by atoms with Gasteiger partial charge in [0.1, 0.15) is 24.0 Å². The molecule has 0 aliphatic heterocycles. The number of benzene rings is 1. The van der Waals surface area contributed by atoms with Crippen LogP contribution in [0.1, 0.15) is 18.9 Å². The van der Waals surface area contributed by atoms with Gasteiger partial charge in [-0.25, -0.2) is 4.98 Å². The Bertz CT molecular complexity index is 991. The largest absolute Gasteiger partial charge is 0.497 e. The molecule has 0 aliphatic rings. The zero-order valence-electron chi connectivity index (χ0n) is 15.7. The second kappa shape index (κ2) is 8.03. The number of aromatic nitrogens is 4. The average molecular weight is 369 g/mol. The predicted molar refractivity (Wildman–Crippen MR) is 102 cm³/mol. The number of nitrogens with zero attached hydrogens (tertiary/aromatic N) is 4. The van der Waals surface area contributed by atoms with Gasteiger partial charge in [0.2, 0.25) is 5.91 Å². The van der Waals surface area contributed by atoms with Crippen molar-refractivity contribution < 1.29 is 9.53 Å². The van der Waals surface area contributed by atoms with Gasteiger partial charge >= 0.3 is 0 Å². The Morgan fingerprint density at radius 3 is 2.74 bits per heavy atom.